The Hall–Kier alpha value is -2.63. The van der Waals surface area contributed by atoms with E-state index < -0.39 is 0 Å². The number of halogens is 1. The van der Waals surface area contributed by atoms with E-state index in [1.807, 2.05) is 42.5 Å². The van der Waals surface area contributed by atoms with Crippen molar-refractivity contribution in [3.63, 3.8) is 0 Å². The van der Waals surface area contributed by atoms with Crippen LogP contribution in [0, 0.1) is 0 Å². The molecule has 0 aliphatic carbocycles. The van der Waals surface area contributed by atoms with Crippen LogP contribution in [0.2, 0.25) is 5.02 Å². The van der Waals surface area contributed by atoms with E-state index in [9.17, 15) is 4.79 Å². The minimum absolute atomic E-state index is 0.164. The van der Waals surface area contributed by atoms with Gasteiger partial charge in [-0.1, -0.05) is 35.9 Å². The molecule has 0 saturated heterocycles. The second kappa shape index (κ2) is 7.32. The number of hydrogen-bond acceptors (Lipinski definition) is 5. The van der Waals surface area contributed by atoms with Crippen LogP contribution in [0.3, 0.4) is 0 Å². The molecule has 0 atom stereocenters. The number of fused-ring (bicyclic) bond motifs is 2. The largest absolute Gasteiger partial charge is 0.489 e. The lowest BCUT2D eigenvalue weighted by Crippen LogP contribution is -2.11. The molecule has 2 aromatic carbocycles. The summed E-state index contributed by atoms with van der Waals surface area (Å²) in [6.45, 7) is 0.433. The molecule has 0 saturated carbocycles. The number of para-hydroxylation sites is 1. The first-order chi connectivity index (χ1) is 12.7. The Morgan fingerprint density at radius 1 is 1.08 bits per heavy atom. The number of thiophene rings is 1. The summed E-state index contributed by atoms with van der Waals surface area (Å²) in [6, 6.07) is 16.9. The predicted octanol–water partition coefficient (Wildman–Crippen LogP) is 5.34. The molecule has 0 aliphatic heterocycles. The van der Waals surface area contributed by atoms with E-state index in [1.54, 1.807) is 18.3 Å². The molecule has 130 valence electrons. The number of aromatic nitrogens is 1. The van der Waals surface area contributed by atoms with Gasteiger partial charge >= 0.3 is 5.97 Å². The fraction of sp³-hybridized carbons (Fsp3) is 0.100. The van der Waals surface area contributed by atoms with Crippen molar-refractivity contribution in [2.24, 2.45) is 0 Å². The van der Waals surface area contributed by atoms with Crippen molar-refractivity contribution in [3.8, 4) is 5.75 Å². The van der Waals surface area contributed by atoms with Crippen molar-refractivity contribution >= 4 is 49.9 Å². The lowest BCUT2D eigenvalue weighted by atomic mass is 10.2. The zero-order valence-electron chi connectivity index (χ0n) is 13.6. The van der Waals surface area contributed by atoms with Crippen LogP contribution in [-0.2, 0) is 4.74 Å². The Labute approximate surface area is 158 Å². The second-order valence-electron chi connectivity index (χ2n) is 5.58. The minimum Gasteiger partial charge on any atom is -0.489 e. The molecular weight excluding hydrogens is 370 g/mol. The van der Waals surface area contributed by atoms with Gasteiger partial charge in [-0.15, -0.1) is 11.3 Å². The van der Waals surface area contributed by atoms with Gasteiger partial charge in [-0.05, 0) is 35.7 Å². The third kappa shape index (κ3) is 3.36. The summed E-state index contributed by atoms with van der Waals surface area (Å²) in [5.74, 6) is 0.353. The summed E-state index contributed by atoms with van der Waals surface area (Å²) < 4.78 is 12.0. The molecular formula is C20H14ClNO3S. The van der Waals surface area contributed by atoms with Crippen LogP contribution in [-0.4, -0.2) is 24.2 Å². The van der Waals surface area contributed by atoms with Gasteiger partial charge in [0.15, 0.2) is 0 Å². The molecule has 2 heterocycles. The van der Waals surface area contributed by atoms with E-state index in [4.69, 9.17) is 21.1 Å². The number of rotatable bonds is 5. The Morgan fingerprint density at radius 3 is 2.85 bits per heavy atom. The van der Waals surface area contributed by atoms with Crippen LogP contribution in [0.1, 0.15) is 9.67 Å². The number of pyridine rings is 1. The normalized spacial score (nSPS) is 11.0. The molecule has 0 unspecified atom stereocenters. The fourth-order valence-electron chi connectivity index (χ4n) is 2.68. The lowest BCUT2D eigenvalue weighted by molar-refractivity contribution is 0.0457. The predicted molar refractivity (Wildman–Crippen MR) is 104 cm³/mol. The van der Waals surface area contributed by atoms with Crippen molar-refractivity contribution < 1.29 is 14.3 Å². The molecule has 0 spiro atoms. The third-order valence-corrected chi connectivity index (χ3v) is 5.47. The van der Waals surface area contributed by atoms with Gasteiger partial charge in [0.1, 0.15) is 23.8 Å². The molecule has 0 N–H and O–H groups in total. The molecule has 26 heavy (non-hydrogen) atoms. The van der Waals surface area contributed by atoms with E-state index >= 15 is 0 Å². The SMILES string of the molecule is O=C(OCCOc1ccnc2ccccc12)c1cc2cccc(Cl)c2s1. The van der Waals surface area contributed by atoms with Crippen molar-refractivity contribution in [1.82, 2.24) is 4.98 Å². The Balaban J connectivity index is 1.38. The first kappa shape index (κ1) is 16.8. The summed E-state index contributed by atoms with van der Waals surface area (Å²) in [6.07, 6.45) is 1.70. The third-order valence-electron chi connectivity index (χ3n) is 3.88. The summed E-state index contributed by atoms with van der Waals surface area (Å²) in [4.78, 5) is 17.0. The topological polar surface area (TPSA) is 48.4 Å². The van der Waals surface area contributed by atoms with Gasteiger partial charge in [0, 0.05) is 11.6 Å². The Bertz CT molecular complexity index is 1090. The molecule has 4 aromatic rings. The van der Waals surface area contributed by atoms with Gasteiger partial charge < -0.3 is 9.47 Å². The summed E-state index contributed by atoms with van der Waals surface area (Å²) in [5.41, 5.74) is 0.865. The van der Waals surface area contributed by atoms with Crippen molar-refractivity contribution in [2.45, 2.75) is 0 Å². The summed E-state index contributed by atoms with van der Waals surface area (Å²) in [7, 11) is 0. The molecule has 0 aliphatic rings. The maximum absolute atomic E-state index is 12.2. The van der Waals surface area contributed by atoms with E-state index in [0.717, 1.165) is 26.7 Å². The number of hydrogen-bond donors (Lipinski definition) is 0. The molecule has 0 amide bonds. The van der Waals surface area contributed by atoms with Gasteiger partial charge in [0.05, 0.1) is 15.2 Å². The standard InChI is InChI=1S/C20H14ClNO3S/c21-15-6-3-4-13-12-18(26-19(13)15)20(23)25-11-10-24-17-8-9-22-16-7-2-1-5-14(16)17/h1-9,12H,10-11H2. The van der Waals surface area contributed by atoms with Crippen molar-refractivity contribution in [2.75, 3.05) is 13.2 Å². The van der Waals surface area contributed by atoms with Gasteiger partial charge in [-0.3, -0.25) is 4.98 Å². The van der Waals surface area contributed by atoms with E-state index in [2.05, 4.69) is 4.98 Å². The zero-order chi connectivity index (χ0) is 17.9. The maximum Gasteiger partial charge on any atom is 0.348 e. The number of carbonyl (C=O) groups is 1. The monoisotopic (exact) mass is 383 g/mol. The molecule has 0 fully saturated rings. The highest BCUT2D eigenvalue weighted by molar-refractivity contribution is 7.21. The zero-order valence-corrected chi connectivity index (χ0v) is 15.2. The first-order valence-electron chi connectivity index (χ1n) is 8.04. The van der Waals surface area contributed by atoms with Crippen LogP contribution in [0.15, 0.2) is 60.8 Å². The van der Waals surface area contributed by atoms with Gasteiger partial charge in [0.25, 0.3) is 0 Å². The quantitative estimate of drug-likeness (QED) is 0.345. The highest BCUT2D eigenvalue weighted by Gasteiger charge is 2.13. The number of ether oxygens (including phenoxy) is 2. The molecule has 6 heteroatoms. The van der Waals surface area contributed by atoms with E-state index in [-0.39, 0.29) is 19.2 Å². The van der Waals surface area contributed by atoms with E-state index in [1.165, 1.54) is 11.3 Å². The molecule has 2 aromatic heterocycles. The lowest BCUT2D eigenvalue weighted by Gasteiger charge is -2.09. The molecule has 4 nitrogen and oxygen atoms in total. The minimum atomic E-state index is -0.370. The second-order valence-corrected chi connectivity index (χ2v) is 7.04. The van der Waals surface area contributed by atoms with Gasteiger partial charge in [0.2, 0.25) is 0 Å². The van der Waals surface area contributed by atoms with Crippen LogP contribution in [0.25, 0.3) is 21.0 Å². The summed E-state index contributed by atoms with van der Waals surface area (Å²) >= 11 is 7.48. The average Bonchev–Trinajstić information content (AvgIpc) is 3.11. The summed E-state index contributed by atoms with van der Waals surface area (Å²) in [5, 5.41) is 2.51. The molecule has 4 rings (SSSR count). The number of benzene rings is 2. The molecule has 0 bridgehead atoms. The van der Waals surface area contributed by atoms with Crippen molar-refractivity contribution in [3.05, 3.63) is 70.7 Å². The van der Waals surface area contributed by atoms with Gasteiger partial charge in [-0.2, -0.15) is 0 Å². The Kier molecular flexibility index (Phi) is 4.73. The van der Waals surface area contributed by atoms with E-state index in [0.29, 0.717) is 9.90 Å². The number of nitrogens with zero attached hydrogens (tertiary/aromatic N) is 1. The number of esters is 1. The Morgan fingerprint density at radius 2 is 1.96 bits per heavy atom. The highest BCUT2D eigenvalue weighted by Crippen LogP contribution is 2.32. The average molecular weight is 384 g/mol. The van der Waals surface area contributed by atoms with Crippen LogP contribution in [0.5, 0.6) is 5.75 Å². The van der Waals surface area contributed by atoms with Crippen LogP contribution < -0.4 is 4.74 Å². The van der Waals surface area contributed by atoms with Crippen molar-refractivity contribution in [1.29, 1.82) is 0 Å². The van der Waals surface area contributed by atoms with Crippen LogP contribution >= 0.6 is 22.9 Å². The fourth-order valence-corrected chi connectivity index (χ4v) is 3.94. The number of carbonyl (C=O) groups excluding carboxylic acids is 1. The highest BCUT2D eigenvalue weighted by atomic mass is 35.5. The molecule has 0 radical (unpaired) electrons. The van der Waals surface area contributed by atoms with Crippen LogP contribution in [0.4, 0.5) is 0 Å². The van der Waals surface area contributed by atoms with Gasteiger partial charge in [-0.25, -0.2) is 4.79 Å². The first-order valence-corrected chi connectivity index (χ1v) is 9.23. The smallest absolute Gasteiger partial charge is 0.348 e. The maximum atomic E-state index is 12.2.